The summed E-state index contributed by atoms with van der Waals surface area (Å²) >= 11 is 12.7. The second kappa shape index (κ2) is 11.7. The number of para-hydroxylation sites is 1. The predicted octanol–water partition coefficient (Wildman–Crippen LogP) is 5.06. The van der Waals surface area contributed by atoms with E-state index < -0.39 is 23.8 Å². The molecule has 1 unspecified atom stereocenters. The monoisotopic (exact) mass is 579 g/mol. The fourth-order valence-electron chi connectivity index (χ4n) is 4.05. The summed E-state index contributed by atoms with van der Waals surface area (Å²) in [4.78, 5) is 39.4. The Balaban J connectivity index is 1.52. The van der Waals surface area contributed by atoms with Gasteiger partial charge in [-0.25, -0.2) is 19.4 Å². The second-order valence-corrected chi connectivity index (χ2v) is 9.29. The van der Waals surface area contributed by atoms with Gasteiger partial charge in [-0.15, -0.1) is 0 Å². The third-order valence-corrected chi connectivity index (χ3v) is 6.37. The molecule has 1 aliphatic heterocycles. The smallest absolute Gasteiger partial charge is 0.269 e. The Hall–Kier alpha value is -4.54. The molecule has 12 heteroatoms. The Labute approximate surface area is 238 Å². The first-order valence-electron chi connectivity index (χ1n) is 11.8. The van der Waals surface area contributed by atoms with Crippen LogP contribution in [0.25, 0.3) is 0 Å². The van der Waals surface area contributed by atoms with Gasteiger partial charge in [0.15, 0.2) is 5.82 Å². The Kier molecular flexibility index (Phi) is 7.90. The van der Waals surface area contributed by atoms with Gasteiger partial charge in [0.25, 0.3) is 11.8 Å². The van der Waals surface area contributed by atoms with E-state index in [1.165, 1.54) is 19.2 Å². The Morgan fingerprint density at radius 3 is 2.60 bits per heavy atom. The summed E-state index contributed by atoms with van der Waals surface area (Å²) in [5.41, 5.74) is 1.47. The number of nitrogens with zero attached hydrogens (tertiary/aromatic N) is 3. The first-order chi connectivity index (χ1) is 19.3. The van der Waals surface area contributed by atoms with Crippen molar-refractivity contribution < 1.29 is 23.5 Å². The minimum absolute atomic E-state index is 0.0651. The van der Waals surface area contributed by atoms with E-state index in [1.54, 1.807) is 48.8 Å². The molecule has 9 nitrogen and oxygen atoms in total. The molecule has 0 saturated heterocycles. The number of amides is 2. The van der Waals surface area contributed by atoms with Crippen molar-refractivity contribution >= 4 is 46.4 Å². The molecule has 1 aromatic heterocycles. The van der Waals surface area contributed by atoms with Crippen molar-refractivity contribution in [3.63, 3.8) is 0 Å². The zero-order valence-corrected chi connectivity index (χ0v) is 22.3. The molecule has 5 rings (SSSR count). The number of ether oxygens (including phenoxy) is 2. The van der Waals surface area contributed by atoms with Crippen LogP contribution < -0.4 is 20.1 Å². The van der Waals surface area contributed by atoms with Crippen molar-refractivity contribution in [3.05, 3.63) is 111 Å². The number of benzene rings is 3. The molecule has 0 bridgehead atoms. The van der Waals surface area contributed by atoms with Gasteiger partial charge < -0.3 is 20.1 Å². The zero-order chi connectivity index (χ0) is 28.2. The fraction of sp³-hybridized carbons (Fsp3) is 0.107. The molecule has 0 radical (unpaired) electrons. The number of carbonyl (C=O) groups is 2. The van der Waals surface area contributed by atoms with Gasteiger partial charge >= 0.3 is 0 Å². The van der Waals surface area contributed by atoms with Crippen LogP contribution in [0.1, 0.15) is 27.3 Å². The number of halogens is 3. The van der Waals surface area contributed by atoms with Crippen LogP contribution in [0.4, 0.5) is 10.1 Å². The number of rotatable bonds is 7. The highest BCUT2D eigenvalue weighted by atomic mass is 35.5. The van der Waals surface area contributed by atoms with Gasteiger partial charge in [-0.05, 0) is 42.5 Å². The zero-order valence-electron chi connectivity index (χ0n) is 20.8. The molecule has 40 heavy (non-hydrogen) atoms. The normalized spacial score (nSPS) is 14.3. The van der Waals surface area contributed by atoms with E-state index in [-0.39, 0.29) is 28.7 Å². The predicted molar refractivity (Wildman–Crippen MR) is 148 cm³/mol. The third-order valence-electron chi connectivity index (χ3n) is 5.85. The van der Waals surface area contributed by atoms with Crippen LogP contribution in [0.3, 0.4) is 0 Å². The Morgan fingerprint density at radius 2 is 1.82 bits per heavy atom. The Morgan fingerprint density at radius 1 is 1.05 bits per heavy atom. The van der Waals surface area contributed by atoms with Crippen molar-refractivity contribution in [2.45, 2.75) is 12.8 Å². The van der Waals surface area contributed by atoms with Crippen LogP contribution in [0.15, 0.2) is 78.0 Å². The number of anilines is 1. The number of hydrogen-bond acceptors (Lipinski definition) is 7. The molecule has 0 aliphatic carbocycles. The summed E-state index contributed by atoms with van der Waals surface area (Å²) in [6.07, 6.45) is 1.66. The lowest BCUT2D eigenvalue weighted by molar-refractivity contribution is -0.117. The van der Waals surface area contributed by atoms with Gasteiger partial charge in [0.05, 0.1) is 34.7 Å². The highest BCUT2D eigenvalue weighted by Crippen LogP contribution is 2.35. The molecule has 1 atom stereocenters. The number of benzodiazepines with no additional fused rings is 1. The molecular formula is C28H20Cl2FN5O4. The van der Waals surface area contributed by atoms with Gasteiger partial charge in [0.1, 0.15) is 23.9 Å². The van der Waals surface area contributed by atoms with Crippen LogP contribution in [0.5, 0.6) is 11.5 Å². The largest absolute Gasteiger partial charge is 0.496 e. The van der Waals surface area contributed by atoms with Crippen molar-refractivity contribution in [2.24, 2.45) is 4.99 Å². The number of fused-ring (bicyclic) bond motifs is 1. The maximum atomic E-state index is 14.2. The number of hydrogen-bond donors (Lipinski definition) is 2. The lowest BCUT2D eigenvalue weighted by Crippen LogP contribution is -2.42. The molecule has 1 aliphatic rings. The molecule has 2 heterocycles. The van der Waals surface area contributed by atoms with E-state index in [1.807, 2.05) is 0 Å². The van der Waals surface area contributed by atoms with Gasteiger partial charge in [-0.3, -0.25) is 9.59 Å². The molecule has 2 amide bonds. The van der Waals surface area contributed by atoms with E-state index >= 15 is 0 Å². The second-order valence-electron chi connectivity index (χ2n) is 8.45. The highest BCUT2D eigenvalue weighted by Gasteiger charge is 2.30. The molecule has 0 saturated carbocycles. The molecule has 0 fully saturated rings. The van der Waals surface area contributed by atoms with Crippen molar-refractivity contribution in [3.8, 4) is 11.5 Å². The van der Waals surface area contributed by atoms with Crippen molar-refractivity contribution in [1.82, 2.24) is 15.3 Å². The van der Waals surface area contributed by atoms with E-state index in [0.717, 1.165) is 12.1 Å². The van der Waals surface area contributed by atoms with Crippen LogP contribution in [-0.4, -0.2) is 40.8 Å². The van der Waals surface area contributed by atoms with Gasteiger partial charge in [-0.2, -0.15) is 0 Å². The molecular weight excluding hydrogens is 560 g/mol. The average Bonchev–Trinajstić information content (AvgIpc) is 3.08. The van der Waals surface area contributed by atoms with Crippen LogP contribution in [0.2, 0.25) is 10.0 Å². The summed E-state index contributed by atoms with van der Waals surface area (Å²) < 4.78 is 25.4. The number of nitrogens with one attached hydrogen (secondary N) is 2. The average molecular weight is 580 g/mol. The molecule has 4 aromatic rings. The lowest BCUT2D eigenvalue weighted by atomic mass is 9.99. The maximum Gasteiger partial charge on any atom is 0.269 e. The fourth-order valence-corrected chi connectivity index (χ4v) is 4.61. The topological polar surface area (TPSA) is 115 Å². The van der Waals surface area contributed by atoms with E-state index in [9.17, 15) is 14.0 Å². The highest BCUT2D eigenvalue weighted by molar-refractivity contribution is 6.39. The number of carbonyl (C=O) groups excluding carboxylic acids is 2. The van der Waals surface area contributed by atoms with E-state index in [2.05, 4.69) is 25.6 Å². The molecule has 2 N–H and O–H groups in total. The summed E-state index contributed by atoms with van der Waals surface area (Å²) in [5.74, 6) is -1.36. The number of methoxy groups -OCH3 is 1. The third kappa shape index (κ3) is 5.73. The minimum Gasteiger partial charge on any atom is -0.496 e. The van der Waals surface area contributed by atoms with Crippen LogP contribution in [0, 0.1) is 5.82 Å². The summed E-state index contributed by atoms with van der Waals surface area (Å²) in [6.45, 7) is -0.0663. The summed E-state index contributed by atoms with van der Waals surface area (Å²) in [5, 5.41) is 5.90. The van der Waals surface area contributed by atoms with E-state index in [0.29, 0.717) is 33.4 Å². The lowest BCUT2D eigenvalue weighted by Gasteiger charge is -2.17. The summed E-state index contributed by atoms with van der Waals surface area (Å²) in [6, 6.07) is 15.1. The molecule has 202 valence electrons. The SMILES string of the molecule is COc1cc(Cl)cc(Cl)c1C1=NC(NC(=O)c2cc(F)ccc2OCc2ncccn2)C(=O)Nc2ccccc21. The van der Waals surface area contributed by atoms with Crippen molar-refractivity contribution in [2.75, 3.05) is 12.4 Å². The maximum absolute atomic E-state index is 14.2. The van der Waals surface area contributed by atoms with Gasteiger partial charge in [-0.1, -0.05) is 41.4 Å². The quantitative estimate of drug-likeness (QED) is 0.316. The van der Waals surface area contributed by atoms with Gasteiger partial charge in [0.2, 0.25) is 6.17 Å². The van der Waals surface area contributed by atoms with Crippen LogP contribution in [-0.2, 0) is 11.4 Å². The van der Waals surface area contributed by atoms with Crippen molar-refractivity contribution in [1.29, 1.82) is 0 Å². The number of aromatic nitrogens is 2. The first-order valence-corrected chi connectivity index (χ1v) is 12.6. The first kappa shape index (κ1) is 27.0. The van der Waals surface area contributed by atoms with E-state index in [4.69, 9.17) is 32.7 Å². The Bertz CT molecular complexity index is 1630. The minimum atomic E-state index is -1.43. The van der Waals surface area contributed by atoms with Gasteiger partial charge in [0, 0.05) is 23.0 Å². The van der Waals surface area contributed by atoms with Crippen LogP contribution >= 0.6 is 23.2 Å². The standard InChI is InChI=1S/C28H20Cl2FN5O4/c1-39-22-12-15(29)11-19(30)24(22)25-17-5-2-3-6-20(17)34-28(38)26(35-25)36-27(37)18-13-16(31)7-8-21(18)40-14-23-32-9-4-10-33-23/h2-13,26H,14H2,1H3,(H,34,38)(H,36,37). The molecule has 3 aromatic carbocycles. The summed E-state index contributed by atoms with van der Waals surface area (Å²) in [7, 11) is 1.45. The molecule has 0 spiro atoms. The number of aliphatic imine (C=N–C) groups is 1.